The molecule has 78 valence electrons. The summed E-state index contributed by atoms with van der Waals surface area (Å²) < 4.78 is 1.47. The van der Waals surface area contributed by atoms with E-state index in [2.05, 4.69) is 5.10 Å². The number of rotatable bonds is 1. The molecule has 1 aromatic carbocycles. The summed E-state index contributed by atoms with van der Waals surface area (Å²) in [5, 5.41) is 23.3. The van der Waals surface area contributed by atoms with Crippen molar-refractivity contribution in [1.82, 2.24) is 9.78 Å². The standard InChI is InChI=1S/C10H11N3O2/c1-13-9(11)5-6(12-13)10-7(14)3-2-4-8(10)15/h2-5,14-15H,11H2,1H3. The fourth-order valence-electron chi connectivity index (χ4n) is 1.39. The van der Waals surface area contributed by atoms with Crippen molar-refractivity contribution < 1.29 is 10.2 Å². The third-order valence-corrected chi connectivity index (χ3v) is 2.19. The molecular formula is C10H11N3O2. The highest BCUT2D eigenvalue weighted by Crippen LogP contribution is 2.36. The SMILES string of the molecule is Cn1nc(-c2c(O)cccc2O)cc1N. The minimum atomic E-state index is -0.0203. The summed E-state index contributed by atoms with van der Waals surface area (Å²) in [6.07, 6.45) is 0. The molecule has 0 atom stereocenters. The molecule has 5 nitrogen and oxygen atoms in total. The minimum Gasteiger partial charge on any atom is -0.507 e. The summed E-state index contributed by atoms with van der Waals surface area (Å²) in [6.45, 7) is 0. The van der Waals surface area contributed by atoms with Gasteiger partial charge in [-0.3, -0.25) is 4.68 Å². The number of aryl methyl sites for hydroxylation is 1. The molecule has 0 spiro atoms. The Morgan fingerprint density at radius 2 is 1.87 bits per heavy atom. The maximum atomic E-state index is 9.59. The molecule has 1 heterocycles. The molecule has 0 amide bonds. The first-order chi connectivity index (χ1) is 7.09. The summed E-state index contributed by atoms with van der Waals surface area (Å²) in [5.41, 5.74) is 6.36. The number of benzene rings is 1. The molecule has 1 aromatic heterocycles. The number of nitrogens with two attached hydrogens (primary N) is 1. The van der Waals surface area contributed by atoms with Crippen LogP contribution in [0, 0.1) is 0 Å². The van der Waals surface area contributed by atoms with E-state index in [4.69, 9.17) is 5.73 Å². The molecule has 2 aromatic rings. The monoisotopic (exact) mass is 205 g/mol. The second kappa shape index (κ2) is 3.20. The van der Waals surface area contributed by atoms with E-state index in [0.717, 1.165) is 0 Å². The topological polar surface area (TPSA) is 84.3 Å². The Bertz CT molecular complexity index is 466. The van der Waals surface area contributed by atoms with Gasteiger partial charge in [0, 0.05) is 13.1 Å². The fraction of sp³-hybridized carbons (Fsp3) is 0.100. The number of phenolic OH excluding ortho intramolecular Hbond substituents is 2. The number of anilines is 1. The van der Waals surface area contributed by atoms with Gasteiger partial charge < -0.3 is 15.9 Å². The molecule has 5 heteroatoms. The molecule has 0 aliphatic rings. The summed E-state index contributed by atoms with van der Waals surface area (Å²) in [5.74, 6) is 0.425. The molecule has 4 N–H and O–H groups in total. The zero-order chi connectivity index (χ0) is 11.0. The minimum absolute atomic E-state index is 0.0203. The van der Waals surface area contributed by atoms with E-state index in [-0.39, 0.29) is 11.5 Å². The largest absolute Gasteiger partial charge is 0.507 e. The average Bonchev–Trinajstić information content (AvgIpc) is 2.46. The van der Waals surface area contributed by atoms with Gasteiger partial charge in [-0.25, -0.2) is 0 Å². The number of phenols is 2. The molecule has 0 saturated heterocycles. The molecule has 0 bridgehead atoms. The molecule has 0 aliphatic heterocycles. The summed E-state index contributed by atoms with van der Waals surface area (Å²) in [7, 11) is 1.69. The fourth-order valence-corrected chi connectivity index (χ4v) is 1.39. The second-order valence-corrected chi connectivity index (χ2v) is 3.25. The van der Waals surface area contributed by atoms with Gasteiger partial charge in [-0.15, -0.1) is 0 Å². The van der Waals surface area contributed by atoms with Crippen LogP contribution >= 0.6 is 0 Å². The second-order valence-electron chi connectivity index (χ2n) is 3.25. The predicted molar refractivity (Wildman–Crippen MR) is 56.4 cm³/mol. The van der Waals surface area contributed by atoms with Gasteiger partial charge in [0.15, 0.2) is 0 Å². The normalized spacial score (nSPS) is 10.5. The third-order valence-electron chi connectivity index (χ3n) is 2.19. The van der Waals surface area contributed by atoms with Crippen molar-refractivity contribution in [2.75, 3.05) is 5.73 Å². The Kier molecular flexibility index (Phi) is 2.00. The van der Waals surface area contributed by atoms with Crippen molar-refractivity contribution in [3.05, 3.63) is 24.3 Å². The molecule has 15 heavy (non-hydrogen) atoms. The average molecular weight is 205 g/mol. The van der Waals surface area contributed by atoms with Gasteiger partial charge in [0.05, 0.1) is 5.56 Å². The molecule has 0 aliphatic carbocycles. The zero-order valence-electron chi connectivity index (χ0n) is 8.18. The van der Waals surface area contributed by atoms with E-state index in [0.29, 0.717) is 17.1 Å². The van der Waals surface area contributed by atoms with Gasteiger partial charge in [-0.2, -0.15) is 5.10 Å². The Balaban J connectivity index is 2.63. The van der Waals surface area contributed by atoms with Crippen LogP contribution in [0.25, 0.3) is 11.3 Å². The van der Waals surface area contributed by atoms with Gasteiger partial charge in [0.25, 0.3) is 0 Å². The molecule has 0 saturated carbocycles. The van der Waals surface area contributed by atoms with Gasteiger partial charge in [-0.05, 0) is 12.1 Å². The lowest BCUT2D eigenvalue weighted by atomic mass is 10.1. The number of hydrogen-bond acceptors (Lipinski definition) is 4. The highest BCUT2D eigenvalue weighted by Gasteiger charge is 2.13. The smallest absolute Gasteiger partial charge is 0.128 e. The highest BCUT2D eigenvalue weighted by atomic mass is 16.3. The van der Waals surface area contributed by atoms with E-state index >= 15 is 0 Å². The van der Waals surface area contributed by atoms with Crippen molar-refractivity contribution in [3.8, 4) is 22.8 Å². The van der Waals surface area contributed by atoms with E-state index < -0.39 is 0 Å². The van der Waals surface area contributed by atoms with Crippen LogP contribution in [0.1, 0.15) is 0 Å². The van der Waals surface area contributed by atoms with Gasteiger partial charge >= 0.3 is 0 Å². The number of hydrogen-bond donors (Lipinski definition) is 3. The number of aromatic nitrogens is 2. The van der Waals surface area contributed by atoms with Crippen LogP contribution in [-0.2, 0) is 7.05 Å². The molecule has 0 fully saturated rings. The number of aromatic hydroxyl groups is 2. The van der Waals surface area contributed by atoms with Crippen LogP contribution in [-0.4, -0.2) is 20.0 Å². The van der Waals surface area contributed by atoms with Crippen molar-refractivity contribution in [3.63, 3.8) is 0 Å². The molecule has 2 rings (SSSR count). The van der Waals surface area contributed by atoms with Crippen LogP contribution in [0.3, 0.4) is 0 Å². The summed E-state index contributed by atoms with van der Waals surface area (Å²) >= 11 is 0. The lowest BCUT2D eigenvalue weighted by Crippen LogP contribution is -1.96. The summed E-state index contributed by atoms with van der Waals surface area (Å²) in [6, 6.07) is 6.12. The zero-order valence-corrected chi connectivity index (χ0v) is 8.18. The molecule has 0 radical (unpaired) electrons. The maximum absolute atomic E-state index is 9.59. The Morgan fingerprint density at radius 3 is 2.33 bits per heavy atom. The van der Waals surface area contributed by atoms with Gasteiger partial charge in [-0.1, -0.05) is 6.07 Å². The highest BCUT2D eigenvalue weighted by molar-refractivity contribution is 5.74. The lowest BCUT2D eigenvalue weighted by Gasteiger charge is -2.02. The first-order valence-electron chi connectivity index (χ1n) is 4.40. The van der Waals surface area contributed by atoms with E-state index in [1.54, 1.807) is 19.2 Å². The van der Waals surface area contributed by atoms with Crippen molar-refractivity contribution in [1.29, 1.82) is 0 Å². The van der Waals surface area contributed by atoms with Crippen molar-refractivity contribution in [2.24, 2.45) is 7.05 Å². The number of nitrogen functional groups attached to an aromatic ring is 1. The Labute approximate surface area is 86.4 Å². The van der Waals surface area contributed by atoms with Crippen LogP contribution < -0.4 is 5.73 Å². The van der Waals surface area contributed by atoms with Crippen LogP contribution in [0.2, 0.25) is 0 Å². The Morgan fingerprint density at radius 1 is 1.27 bits per heavy atom. The van der Waals surface area contributed by atoms with Gasteiger partial charge in [0.1, 0.15) is 23.0 Å². The first-order valence-corrected chi connectivity index (χ1v) is 4.40. The third kappa shape index (κ3) is 1.48. The lowest BCUT2D eigenvalue weighted by molar-refractivity contribution is 0.453. The Hall–Kier alpha value is -2.17. The maximum Gasteiger partial charge on any atom is 0.128 e. The predicted octanol–water partition coefficient (Wildman–Crippen LogP) is 1.08. The quantitative estimate of drug-likeness (QED) is 0.650. The van der Waals surface area contributed by atoms with E-state index in [9.17, 15) is 10.2 Å². The van der Waals surface area contributed by atoms with Crippen molar-refractivity contribution in [2.45, 2.75) is 0 Å². The molecular weight excluding hydrogens is 194 g/mol. The van der Waals surface area contributed by atoms with Crippen molar-refractivity contribution >= 4 is 5.82 Å². The number of nitrogens with zero attached hydrogens (tertiary/aromatic N) is 2. The molecule has 0 unspecified atom stereocenters. The van der Waals surface area contributed by atoms with Crippen LogP contribution in [0.15, 0.2) is 24.3 Å². The van der Waals surface area contributed by atoms with E-state index in [1.807, 2.05) is 0 Å². The van der Waals surface area contributed by atoms with E-state index in [1.165, 1.54) is 16.8 Å². The van der Waals surface area contributed by atoms with Crippen LogP contribution in [0.4, 0.5) is 5.82 Å². The first kappa shape index (κ1) is 9.39. The van der Waals surface area contributed by atoms with Gasteiger partial charge in [0.2, 0.25) is 0 Å². The van der Waals surface area contributed by atoms with Crippen LogP contribution in [0.5, 0.6) is 11.5 Å². The summed E-state index contributed by atoms with van der Waals surface area (Å²) in [4.78, 5) is 0.